The predicted octanol–water partition coefficient (Wildman–Crippen LogP) is 5.11. The Morgan fingerprint density at radius 2 is 1.84 bits per heavy atom. The third-order valence-corrected chi connectivity index (χ3v) is 9.26. The fourth-order valence-electron chi connectivity index (χ4n) is 1.49. The second-order valence-electron chi connectivity index (χ2n) is 6.53. The van der Waals surface area contributed by atoms with Crippen LogP contribution >= 0.6 is 22.6 Å². The molecule has 0 bridgehead atoms. The highest BCUT2D eigenvalue weighted by Gasteiger charge is 2.40. The molecule has 0 fully saturated rings. The van der Waals surface area contributed by atoms with Gasteiger partial charge < -0.3 is 4.43 Å². The molecule has 0 aromatic rings. The van der Waals surface area contributed by atoms with E-state index in [1.807, 2.05) is 6.08 Å². The van der Waals surface area contributed by atoms with Gasteiger partial charge in [0.2, 0.25) is 0 Å². The van der Waals surface area contributed by atoms with Gasteiger partial charge in [0.05, 0.1) is 6.10 Å². The van der Waals surface area contributed by atoms with Crippen LogP contribution in [0.1, 0.15) is 34.6 Å². The van der Waals surface area contributed by atoms with E-state index >= 15 is 0 Å². The van der Waals surface area contributed by atoms with Crippen LogP contribution in [0.3, 0.4) is 0 Å². The van der Waals surface area contributed by atoms with Crippen LogP contribution < -0.4 is 0 Å². The summed E-state index contributed by atoms with van der Waals surface area (Å²) in [5, 5.41) is 0.185. The maximum atomic E-state index is 10.5. The average Bonchev–Trinajstić information content (AvgIpc) is 2.30. The quantitative estimate of drug-likeness (QED) is 0.271. The molecule has 110 valence electrons. The summed E-state index contributed by atoms with van der Waals surface area (Å²) in [6.45, 7) is 15.4. The second kappa shape index (κ2) is 7.74. The maximum absolute atomic E-state index is 10.5. The number of hydrogen-bond donors (Lipinski definition) is 0. The summed E-state index contributed by atoms with van der Waals surface area (Å²) in [5.41, 5.74) is 1.22. The Morgan fingerprint density at radius 3 is 2.21 bits per heavy atom. The molecule has 2 atom stereocenters. The van der Waals surface area contributed by atoms with Crippen molar-refractivity contribution >= 4 is 37.2 Å². The largest absolute Gasteiger partial charge is 0.410 e. The number of aldehydes is 1. The van der Waals surface area contributed by atoms with Crippen LogP contribution in [0.15, 0.2) is 21.8 Å². The number of rotatable bonds is 6. The van der Waals surface area contributed by atoms with E-state index in [2.05, 4.69) is 74.4 Å². The fourth-order valence-corrected chi connectivity index (χ4v) is 3.24. The van der Waals surface area contributed by atoms with Crippen molar-refractivity contribution in [3.63, 3.8) is 0 Å². The number of hydrogen-bond acceptors (Lipinski definition) is 2. The minimum absolute atomic E-state index is 0.0500. The van der Waals surface area contributed by atoms with Gasteiger partial charge in [0.1, 0.15) is 6.29 Å². The molecule has 0 N–H and O–H groups in total. The molecule has 0 aliphatic heterocycles. The van der Waals surface area contributed by atoms with E-state index in [0.29, 0.717) is 0 Å². The summed E-state index contributed by atoms with van der Waals surface area (Å²) in [5.74, 6) is 0.199. The molecule has 0 aliphatic rings. The third kappa shape index (κ3) is 5.91. The van der Waals surface area contributed by atoms with Crippen LogP contribution in [0.25, 0.3) is 0 Å². The van der Waals surface area contributed by atoms with E-state index in [4.69, 9.17) is 4.43 Å². The SMILES string of the molecule is C/C(=C\I)[C@H](O[Si](C)(C)C(C)(C)C)[C@@H](C)/C=C/C=O. The molecule has 4 heteroatoms. The van der Waals surface area contributed by atoms with Crippen LogP contribution in [0.5, 0.6) is 0 Å². The molecule has 0 saturated carbocycles. The van der Waals surface area contributed by atoms with Gasteiger partial charge in [-0.15, -0.1) is 0 Å². The monoisotopic (exact) mass is 394 g/mol. The number of carbonyl (C=O) groups excluding carboxylic acids is 1. The van der Waals surface area contributed by atoms with Crippen molar-refractivity contribution in [3.8, 4) is 0 Å². The number of halogens is 1. The minimum Gasteiger partial charge on any atom is -0.410 e. The van der Waals surface area contributed by atoms with Crippen molar-refractivity contribution < 1.29 is 9.22 Å². The molecule has 0 unspecified atom stereocenters. The van der Waals surface area contributed by atoms with Crippen molar-refractivity contribution in [1.29, 1.82) is 0 Å². The molecule has 19 heavy (non-hydrogen) atoms. The minimum atomic E-state index is -1.82. The lowest BCUT2D eigenvalue weighted by Gasteiger charge is -2.40. The van der Waals surface area contributed by atoms with Crippen LogP contribution in [0, 0.1) is 5.92 Å². The summed E-state index contributed by atoms with van der Waals surface area (Å²) in [6.07, 6.45) is 4.36. The zero-order chi connectivity index (χ0) is 15.3. The highest BCUT2D eigenvalue weighted by molar-refractivity contribution is 14.1. The topological polar surface area (TPSA) is 26.3 Å². The summed E-state index contributed by atoms with van der Waals surface area (Å²) in [7, 11) is -1.82. The zero-order valence-corrected chi connectivity index (χ0v) is 16.3. The Labute approximate surface area is 133 Å². The van der Waals surface area contributed by atoms with E-state index in [0.717, 1.165) is 6.29 Å². The molecule has 0 aromatic heterocycles. The second-order valence-corrected chi connectivity index (χ2v) is 11.9. The molecule has 0 radical (unpaired) electrons. The van der Waals surface area contributed by atoms with Gasteiger partial charge in [-0.3, -0.25) is 4.79 Å². The van der Waals surface area contributed by atoms with E-state index in [1.165, 1.54) is 5.57 Å². The molecule has 0 aromatic carbocycles. The molecular weight excluding hydrogens is 367 g/mol. The first-order chi connectivity index (χ1) is 8.56. The molecule has 0 rings (SSSR count). The highest BCUT2D eigenvalue weighted by Crippen LogP contribution is 2.39. The molecular formula is C15H27IO2Si. The van der Waals surface area contributed by atoms with Gasteiger partial charge in [-0.05, 0) is 40.8 Å². The van der Waals surface area contributed by atoms with Crippen molar-refractivity contribution in [2.24, 2.45) is 5.92 Å². The number of carbonyl (C=O) groups is 1. The van der Waals surface area contributed by atoms with Gasteiger partial charge in [0.15, 0.2) is 8.32 Å². The standard InChI is InChI=1S/C15H27IO2Si/c1-12(9-8-10-17)14(13(2)11-16)18-19(6,7)15(3,4)5/h8-12,14H,1-7H3/b9-8+,13-11+/t12-,14+/m0/s1. The van der Waals surface area contributed by atoms with Crippen molar-refractivity contribution in [2.75, 3.05) is 0 Å². The van der Waals surface area contributed by atoms with Gasteiger partial charge in [-0.2, -0.15) is 0 Å². The molecule has 0 heterocycles. The normalized spacial score (nSPS) is 17.6. The van der Waals surface area contributed by atoms with Crippen LogP contribution in [-0.2, 0) is 9.22 Å². The maximum Gasteiger partial charge on any atom is 0.192 e. The Hall–Kier alpha value is 0.0569. The molecule has 2 nitrogen and oxygen atoms in total. The third-order valence-electron chi connectivity index (χ3n) is 3.82. The van der Waals surface area contributed by atoms with Crippen molar-refractivity contribution in [2.45, 2.75) is 58.9 Å². The fraction of sp³-hybridized carbons (Fsp3) is 0.667. The van der Waals surface area contributed by atoms with E-state index in [9.17, 15) is 4.79 Å². The van der Waals surface area contributed by atoms with Gasteiger partial charge >= 0.3 is 0 Å². The van der Waals surface area contributed by atoms with Crippen molar-refractivity contribution in [1.82, 2.24) is 0 Å². The predicted molar refractivity (Wildman–Crippen MR) is 94.2 cm³/mol. The lowest BCUT2D eigenvalue weighted by atomic mass is 9.99. The summed E-state index contributed by atoms with van der Waals surface area (Å²) in [6, 6.07) is 0. The van der Waals surface area contributed by atoms with Gasteiger partial charge in [0.25, 0.3) is 0 Å². The summed E-state index contributed by atoms with van der Waals surface area (Å²) >= 11 is 2.25. The van der Waals surface area contributed by atoms with Gasteiger partial charge in [0, 0.05) is 5.92 Å². The Balaban J connectivity index is 5.20. The van der Waals surface area contributed by atoms with Crippen LogP contribution in [-0.4, -0.2) is 20.7 Å². The Bertz CT molecular complexity index is 354. The Morgan fingerprint density at radius 1 is 1.32 bits per heavy atom. The summed E-state index contributed by atoms with van der Waals surface area (Å²) in [4.78, 5) is 10.5. The highest BCUT2D eigenvalue weighted by atomic mass is 127. The van der Waals surface area contributed by atoms with Gasteiger partial charge in [-0.1, -0.05) is 56.4 Å². The first-order valence-electron chi connectivity index (χ1n) is 6.63. The molecule has 0 saturated heterocycles. The van der Waals surface area contributed by atoms with Gasteiger partial charge in [-0.25, -0.2) is 0 Å². The lowest BCUT2D eigenvalue weighted by Crippen LogP contribution is -2.45. The van der Waals surface area contributed by atoms with Crippen molar-refractivity contribution in [3.05, 3.63) is 21.8 Å². The molecule has 0 aliphatic carbocycles. The first kappa shape index (κ1) is 19.1. The summed E-state index contributed by atoms with van der Waals surface area (Å²) < 4.78 is 8.58. The van der Waals surface area contributed by atoms with E-state index in [1.54, 1.807) is 6.08 Å². The zero-order valence-electron chi connectivity index (χ0n) is 13.2. The van der Waals surface area contributed by atoms with E-state index < -0.39 is 8.32 Å². The van der Waals surface area contributed by atoms with Crippen LogP contribution in [0.4, 0.5) is 0 Å². The molecule has 0 spiro atoms. The number of allylic oxidation sites excluding steroid dienone is 1. The van der Waals surface area contributed by atoms with E-state index in [-0.39, 0.29) is 17.1 Å². The van der Waals surface area contributed by atoms with Crippen LogP contribution in [0.2, 0.25) is 18.1 Å². The first-order valence-corrected chi connectivity index (χ1v) is 10.8. The average molecular weight is 394 g/mol. The molecule has 0 amide bonds. The Kier molecular flexibility index (Phi) is 7.76. The lowest BCUT2D eigenvalue weighted by molar-refractivity contribution is -0.104. The smallest absolute Gasteiger partial charge is 0.192 e.